The first kappa shape index (κ1) is 56.7. The third-order valence-corrected chi connectivity index (χ3v) is 14.7. The zero-order valence-corrected chi connectivity index (χ0v) is 46.3. The van der Waals surface area contributed by atoms with Crippen LogP contribution in [0.4, 0.5) is 5.69 Å². The smallest absolute Gasteiger partial charge is 0.166 e. The molecular formula is C58H83N9O6S. The van der Waals surface area contributed by atoms with Gasteiger partial charge in [-0.1, -0.05) is 54.6 Å². The van der Waals surface area contributed by atoms with Gasteiger partial charge in [-0.15, -0.1) is 0 Å². The van der Waals surface area contributed by atoms with Crippen molar-refractivity contribution >= 4 is 41.1 Å². The van der Waals surface area contributed by atoms with Crippen molar-refractivity contribution < 1.29 is 28.5 Å². The summed E-state index contributed by atoms with van der Waals surface area (Å²) in [7, 11) is 7.88. The van der Waals surface area contributed by atoms with Crippen molar-refractivity contribution in [1.29, 1.82) is 0 Å². The summed E-state index contributed by atoms with van der Waals surface area (Å²) in [5, 5.41) is 6.06. The summed E-state index contributed by atoms with van der Waals surface area (Å²) in [5.74, 6) is 1.71. The van der Waals surface area contributed by atoms with Gasteiger partial charge in [0.1, 0.15) is 18.1 Å². The van der Waals surface area contributed by atoms with Gasteiger partial charge in [-0.2, -0.15) is 5.10 Å². The number of aldehydes is 1. The zero-order chi connectivity index (χ0) is 52.5. The number of nitrogens with zero attached hydrogens (tertiary/aromatic N) is 8. The monoisotopic (exact) mass is 1030 g/mol. The number of anilines is 1. The van der Waals surface area contributed by atoms with Gasteiger partial charge in [0, 0.05) is 133 Å². The number of para-hydroxylation sites is 1. The lowest BCUT2D eigenvalue weighted by Crippen LogP contribution is -2.48. The Morgan fingerprint density at radius 3 is 2.20 bits per heavy atom. The maximum Gasteiger partial charge on any atom is 0.166 e. The highest BCUT2D eigenvalue weighted by Crippen LogP contribution is 2.38. The second-order valence-corrected chi connectivity index (χ2v) is 21.7. The van der Waals surface area contributed by atoms with Crippen molar-refractivity contribution in [3.8, 4) is 22.6 Å². The van der Waals surface area contributed by atoms with Gasteiger partial charge in [-0.05, 0) is 103 Å². The van der Waals surface area contributed by atoms with Crippen LogP contribution in [0.2, 0.25) is 0 Å². The number of piperazine rings is 2. The molecule has 0 atom stereocenters. The van der Waals surface area contributed by atoms with Crippen molar-refractivity contribution in [2.24, 2.45) is 12.8 Å². The molecule has 5 aromatic rings. The Labute approximate surface area is 445 Å². The number of hydrogen-bond donors (Lipinski definition) is 1. The molecule has 2 aromatic heterocycles. The van der Waals surface area contributed by atoms with Crippen LogP contribution < -0.4 is 20.1 Å². The number of methoxy groups -OCH3 is 1. The average Bonchev–Trinajstić information content (AvgIpc) is 3.73. The van der Waals surface area contributed by atoms with Crippen molar-refractivity contribution in [2.75, 3.05) is 131 Å². The Morgan fingerprint density at radius 1 is 0.811 bits per heavy atom. The molecule has 4 heterocycles. The molecule has 0 spiro atoms. The Balaban J connectivity index is 0.00000126. The van der Waals surface area contributed by atoms with E-state index in [1.807, 2.05) is 32.5 Å². The third-order valence-electron chi connectivity index (χ3n) is 13.8. The second-order valence-electron chi connectivity index (χ2n) is 20.2. The van der Waals surface area contributed by atoms with E-state index in [9.17, 15) is 4.79 Å². The van der Waals surface area contributed by atoms with Crippen molar-refractivity contribution in [3.63, 3.8) is 0 Å². The molecule has 0 bridgehead atoms. The minimum absolute atomic E-state index is 0.0417. The largest absolute Gasteiger partial charge is 0.493 e. The lowest BCUT2D eigenvalue weighted by Gasteiger charge is -2.36. The number of carbonyl (C=O) groups is 1. The zero-order valence-electron chi connectivity index (χ0n) is 45.5. The molecule has 8 rings (SSSR count). The van der Waals surface area contributed by atoms with Gasteiger partial charge in [0.2, 0.25) is 0 Å². The van der Waals surface area contributed by atoms with E-state index in [0.717, 1.165) is 146 Å². The molecule has 0 amide bonds. The van der Waals surface area contributed by atoms with Gasteiger partial charge < -0.3 is 38.9 Å². The van der Waals surface area contributed by atoms with Crippen molar-refractivity contribution in [2.45, 2.75) is 65.7 Å². The van der Waals surface area contributed by atoms with E-state index in [-0.39, 0.29) is 5.60 Å². The molecule has 2 fully saturated rings. The van der Waals surface area contributed by atoms with Gasteiger partial charge in [0.15, 0.2) is 6.29 Å². The lowest BCUT2D eigenvalue weighted by atomic mass is 9.98. The third kappa shape index (κ3) is 15.8. The number of carbonyl (C=O) groups excluding carboxylic acids is 1. The Bertz CT molecular complexity index is 2590. The molecule has 3 aromatic carbocycles. The van der Waals surface area contributed by atoms with Crippen LogP contribution in [0.25, 0.3) is 28.1 Å². The van der Waals surface area contributed by atoms with Crippen LogP contribution in [-0.2, 0) is 47.3 Å². The van der Waals surface area contributed by atoms with Crippen molar-refractivity contribution in [1.82, 2.24) is 32.8 Å². The summed E-state index contributed by atoms with van der Waals surface area (Å²) < 4.78 is 38.0. The van der Waals surface area contributed by atoms with E-state index in [1.54, 1.807) is 19.2 Å². The number of aryl methyl sites for hydroxylation is 3. The van der Waals surface area contributed by atoms with Crippen molar-refractivity contribution in [3.05, 3.63) is 113 Å². The van der Waals surface area contributed by atoms with E-state index in [4.69, 9.17) is 34.5 Å². The highest BCUT2D eigenvalue weighted by atomic mass is 32.2. The van der Waals surface area contributed by atoms with Gasteiger partial charge in [0.25, 0.3) is 0 Å². The first-order valence-electron chi connectivity index (χ1n) is 26.5. The predicted molar refractivity (Wildman–Crippen MR) is 303 cm³/mol. The van der Waals surface area contributed by atoms with Gasteiger partial charge in [-0.3, -0.25) is 19.3 Å². The van der Waals surface area contributed by atoms with Gasteiger partial charge >= 0.3 is 0 Å². The quantitative estimate of drug-likeness (QED) is 0.0363. The number of aromatic nitrogens is 3. The topological polar surface area (TPSA) is 128 Å². The lowest BCUT2D eigenvalue weighted by molar-refractivity contribution is 0.0335. The van der Waals surface area contributed by atoms with E-state index in [2.05, 4.69) is 134 Å². The normalized spacial score (nSPS) is 15.6. The molecule has 0 unspecified atom stereocenters. The molecule has 16 heteroatoms. The fourth-order valence-corrected chi connectivity index (χ4v) is 10.5. The summed E-state index contributed by atoms with van der Waals surface area (Å²) in [6.07, 6.45) is 11.9. The molecule has 2 aliphatic heterocycles. The number of ether oxygens (including phenoxy) is 5. The summed E-state index contributed by atoms with van der Waals surface area (Å²) in [4.78, 5) is 20.9. The summed E-state index contributed by atoms with van der Waals surface area (Å²) in [5.41, 5.74) is 16.0. The SMILES string of the molecule is COC(C)(C)C.Cc1nn(C)c(COc2ccc(N3CCN(SN(C)C)CC3)cc2)c1-c1cccc2c(CCCOc3cccc4c3C=CC=CC4)c(C=O)n(CCN3CCN(CCOCCOCCN)CC3)c12. The predicted octanol–water partition coefficient (Wildman–Crippen LogP) is 8.17. The fraction of sp³-hybridized carbons (Fsp3) is 0.517. The standard InChI is InChI=1S/C53H71N9O5S.C5H12O/c1-41-52(50(57(4)55-41)40-67-44-20-18-43(19-21-44)60-28-30-61(31-29-60)68-56(2)3)48-15-9-14-47-46(16-10-34-66-51-17-8-12-42-11-6-5-7-13-45(42)51)49(39-63)62(53(47)48)32-27-58-23-25-59(26-24-58)33-36-65-38-37-64-35-22-54;1-5(2,3)6-4/h5-9,12-15,17-21,39H,10-11,16,22-38,40,54H2,1-4H3;1-4H3. The van der Waals surface area contributed by atoms with E-state index in [0.29, 0.717) is 59.2 Å². The van der Waals surface area contributed by atoms with Crippen LogP contribution in [0.15, 0.2) is 78.9 Å². The van der Waals surface area contributed by atoms with Crippen LogP contribution in [0.3, 0.4) is 0 Å². The summed E-state index contributed by atoms with van der Waals surface area (Å²) in [6.45, 7) is 22.2. The van der Waals surface area contributed by atoms with Crippen LogP contribution >= 0.6 is 12.1 Å². The van der Waals surface area contributed by atoms with E-state index in [1.165, 1.54) is 11.3 Å². The minimum atomic E-state index is 0.0417. The maximum absolute atomic E-state index is 13.4. The molecule has 1 aliphatic carbocycles. The van der Waals surface area contributed by atoms with E-state index < -0.39 is 0 Å². The van der Waals surface area contributed by atoms with Gasteiger partial charge in [-0.25, -0.2) is 8.61 Å². The maximum atomic E-state index is 13.4. The molecule has 0 saturated carbocycles. The number of hydrogen-bond acceptors (Lipinski definition) is 14. The van der Waals surface area contributed by atoms with E-state index >= 15 is 0 Å². The minimum Gasteiger partial charge on any atom is -0.493 e. The number of benzene rings is 3. The first-order chi connectivity index (χ1) is 35.9. The van der Waals surface area contributed by atoms with Gasteiger partial charge in [0.05, 0.1) is 61.2 Å². The molecular weight excluding hydrogens is 951 g/mol. The summed E-state index contributed by atoms with van der Waals surface area (Å²) >= 11 is 1.78. The molecule has 2 N–H and O–H groups in total. The Kier molecular flexibility index (Phi) is 21.6. The molecule has 0 radical (unpaired) electrons. The molecule has 74 heavy (non-hydrogen) atoms. The highest BCUT2D eigenvalue weighted by molar-refractivity contribution is 7.94. The average molecular weight is 1030 g/mol. The van der Waals surface area contributed by atoms with Crippen LogP contribution in [0, 0.1) is 6.92 Å². The first-order valence-corrected chi connectivity index (χ1v) is 27.2. The molecule has 402 valence electrons. The Hall–Kier alpha value is -5.01. The van der Waals surface area contributed by atoms with Crippen LogP contribution in [0.1, 0.15) is 65.8 Å². The number of fused-ring (bicyclic) bond motifs is 2. The second kappa shape index (κ2) is 28.2. The molecule has 3 aliphatic rings. The number of nitrogens with two attached hydrogens (primary N) is 1. The Morgan fingerprint density at radius 2 is 1.51 bits per heavy atom. The van der Waals surface area contributed by atoms with Crippen LogP contribution in [0.5, 0.6) is 11.5 Å². The van der Waals surface area contributed by atoms with Crippen LogP contribution in [-0.4, -0.2) is 171 Å². The highest BCUT2D eigenvalue weighted by Gasteiger charge is 2.26. The fourth-order valence-electron chi connectivity index (χ4n) is 9.73. The summed E-state index contributed by atoms with van der Waals surface area (Å²) in [6, 6.07) is 21.3. The number of rotatable bonds is 24. The molecule has 2 saturated heterocycles. The molecule has 15 nitrogen and oxygen atoms in total. The number of allylic oxidation sites excluding steroid dienone is 3.